The minimum Gasteiger partial charge on any atom is -0.207 e. The van der Waals surface area contributed by atoms with E-state index in [2.05, 4.69) is 0 Å². The second-order valence-corrected chi connectivity index (χ2v) is 2.26. The van der Waals surface area contributed by atoms with Crippen molar-refractivity contribution in [1.82, 2.24) is 0 Å². The van der Waals surface area contributed by atoms with E-state index in [0.29, 0.717) is 12.0 Å². The lowest BCUT2D eigenvalue weighted by molar-refractivity contribution is 0.614. The summed E-state index contributed by atoms with van der Waals surface area (Å²) in [5.41, 5.74) is 0.637. The third kappa shape index (κ3) is 1.71. The Morgan fingerprint density at radius 2 is 2.10 bits per heavy atom. The van der Waals surface area contributed by atoms with E-state index in [1.807, 2.05) is 0 Å². The molecular formula is C8H7ClF. The second kappa shape index (κ2) is 3.57. The number of rotatable bonds is 2. The fourth-order valence-corrected chi connectivity index (χ4v) is 0.913. The van der Waals surface area contributed by atoms with E-state index < -0.39 is 0 Å². The van der Waals surface area contributed by atoms with E-state index >= 15 is 0 Å². The Morgan fingerprint density at radius 3 is 2.70 bits per heavy atom. The van der Waals surface area contributed by atoms with Crippen LogP contribution in [0.3, 0.4) is 0 Å². The Morgan fingerprint density at radius 1 is 1.40 bits per heavy atom. The topological polar surface area (TPSA) is 0 Å². The van der Waals surface area contributed by atoms with E-state index in [9.17, 15) is 4.39 Å². The highest BCUT2D eigenvalue weighted by molar-refractivity contribution is 6.23. The molecule has 0 heterocycles. The van der Waals surface area contributed by atoms with Crippen molar-refractivity contribution in [2.24, 2.45) is 0 Å². The molecule has 2 heteroatoms. The van der Waals surface area contributed by atoms with Crippen LogP contribution >= 0.6 is 11.6 Å². The molecule has 0 spiro atoms. The maximum Gasteiger partial charge on any atom is 0.126 e. The highest BCUT2D eigenvalue weighted by Crippen LogP contribution is 2.08. The minimum atomic E-state index is -0.195. The average Bonchev–Trinajstić information content (AvgIpc) is 1.94. The van der Waals surface area contributed by atoms with Gasteiger partial charge in [-0.05, 0) is 18.1 Å². The van der Waals surface area contributed by atoms with E-state index in [1.54, 1.807) is 18.2 Å². The molecule has 1 radical (unpaired) electrons. The molecule has 0 nitrogen and oxygen atoms in total. The van der Waals surface area contributed by atoms with E-state index in [4.69, 9.17) is 11.6 Å². The molecule has 53 valence electrons. The first-order valence-corrected chi connectivity index (χ1v) is 3.43. The van der Waals surface area contributed by atoms with Gasteiger partial charge in [0, 0.05) is 0 Å². The first-order valence-electron chi connectivity index (χ1n) is 3.00. The maximum atomic E-state index is 12.7. The molecule has 0 unspecified atom stereocenters. The molecule has 0 aliphatic carbocycles. The summed E-state index contributed by atoms with van der Waals surface area (Å²) in [5, 5.41) is 0. The fraction of sp³-hybridized carbons (Fsp3) is 0.125. The summed E-state index contributed by atoms with van der Waals surface area (Å²) < 4.78 is 12.7. The van der Waals surface area contributed by atoms with Crippen molar-refractivity contribution in [3.63, 3.8) is 0 Å². The van der Waals surface area contributed by atoms with Crippen LogP contribution < -0.4 is 0 Å². The molecule has 0 amide bonds. The Labute approximate surface area is 64.6 Å². The highest BCUT2D eigenvalue weighted by Gasteiger charge is 1.97. The van der Waals surface area contributed by atoms with Gasteiger partial charge in [-0.25, -0.2) is 4.39 Å². The molecule has 0 aliphatic heterocycles. The summed E-state index contributed by atoms with van der Waals surface area (Å²) in [4.78, 5) is 0. The summed E-state index contributed by atoms with van der Waals surface area (Å²) in [5.74, 6) is 1.22. The quantitative estimate of drug-likeness (QED) is 0.619. The van der Waals surface area contributed by atoms with Crippen LogP contribution in [0.2, 0.25) is 0 Å². The number of halogens is 2. The molecule has 0 bridgehead atoms. The standard InChI is InChI=1S/C8H7ClF/c9-6-5-7-3-1-2-4-8(7)10/h1-4,6H,5H2. The summed E-state index contributed by atoms with van der Waals surface area (Å²) in [6.45, 7) is 0. The smallest absolute Gasteiger partial charge is 0.126 e. The average molecular weight is 158 g/mol. The monoisotopic (exact) mass is 157 g/mol. The van der Waals surface area contributed by atoms with Gasteiger partial charge in [0.05, 0.1) is 5.88 Å². The molecule has 0 aliphatic rings. The molecule has 1 aromatic rings. The molecule has 0 atom stereocenters. The molecular weight excluding hydrogens is 151 g/mol. The van der Waals surface area contributed by atoms with Crippen molar-refractivity contribution in [3.05, 3.63) is 41.5 Å². The van der Waals surface area contributed by atoms with Crippen LogP contribution in [-0.4, -0.2) is 0 Å². The lowest BCUT2D eigenvalue weighted by Crippen LogP contribution is -1.86. The Balaban J connectivity index is 2.81. The van der Waals surface area contributed by atoms with Crippen molar-refractivity contribution in [3.8, 4) is 0 Å². The van der Waals surface area contributed by atoms with Crippen molar-refractivity contribution >= 4 is 11.6 Å². The van der Waals surface area contributed by atoms with Crippen LogP contribution in [0.1, 0.15) is 5.56 Å². The van der Waals surface area contributed by atoms with Crippen molar-refractivity contribution in [1.29, 1.82) is 0 Å². The zero-order valence-corrected chi connectivity index (χ0v) is 6.11. The third-order valence-corrected chi connectivity index (χ3v) is 1.41. The molecule has 0 saturated carbocycles. The summed E-state index contributed by atoms with van der Waals surface area (Å²) in [6.07, 6.45) is 0.480. The summed E-state index contributed by atoms with van der Waals surface area (Å²) in [7, 11) is 0. The van der Waals surface area contributed by atoms with Gasteiger partial charge in [0.1, 0.15) is 5.82 Å². The van der Waals surface area contributed by atoms with Gasteiger partial charge in [-0.1, -0.05) is 18.2 Å². The Hall–Kier alpha value is -0.560. The lowest BCUT2D eigenvalue weighted by Gasteiger charge is -1.96. The van der Waals surface area contributed by atoms with E-state index in [0.717, 1.165) is 0 Å². The van der Waals surface area contributed by atoms with Crippen LogP contribution in [0.15, 0.2) is 24.3 Å². The Kier molecular flexibility index (Phi) is 2.69. The van der Waals surface area contributed by atoms with Gasteiger partial charge in [-0.2, -0.15) is 0 Å². The zero-order valence-electron chi connectivity index (χ0n) is 5.35. The van der Waals surface area contributed by atoms with E-state index in [1.165, 1.54) is 11.9 Å². The number of hydrogen-bond donors (Lipinski definition) is 0. The molecule has 0 fully saturated rings. The first kappa shape index (κ1) is 7.55. The Bertz CT molecular complexity index is 210. The summed E-state index contributed by atoms with van der Waals surface area (Å²) >= 11 is 5.32. The van der Waals surface area contributed by atoms with Gasteiger partial charge >= 0.3 is 0 Å². The van der Waals surface area contributed by atoms with Gasteiger partial charge in [0.15, 0.2) is 0 Å². The molecule has 0 N–H and O–H groups in total. The summed E-state index contributed by atoms with van der Waals surface area (Å²) in [6, 6.07) is 6.59. The van der Waals surface area contributed by atoms with Crippen LogP contribution in [-0.2, 0) is 6.42 Å². The number of benzene rings is 1. The van der Waals surface area contributed by atoms with Crippen LogP contribution in [0, 0.1) is 11.7 Å². The number of hydrogen-bond acceptors (Lipinski definition) is 0. The SMILES string of the molecule is Fc1ccccc1C[CH]Cl. The van der Waals surface area contributed by atoms with Gasteiger partial charge < -0.3 is 0 Å². The van der Waals surface area contributed by atoms with Gasteiger partial charge in [-0.15, -0.1) is 11.6 Å². The zero-order chi connectivity index (χ0) is 7.40. The second-order valence-electron chi connectivity index (χ2n) is 1.95. The predicted molar refractivity (Wildman–Crippen MR) is 40.3 cm³/mol. The van der Waals surface area contributed by atoms with E-state index in [-0.39, 0.29) is 5.82 Å². The fourth-order valence-electron chi connectivity index (χ4n) is 0.747. The van der Waals surface area contributed by atoms with Gasteiger partial charge in [-0.3, -0.25) is 0 Å². The molecule has 1 rings (SSSR count). The first-order chi connectivity index (χ1) is 4.84. The van der Waals surface area contributed by atoms with Crippen LogP contribution in [0.4, 0.5) is 4.39 Å². The highest BCUT2D eigenvalue weighted by atomic mass is 35.5. The van der Waals surface area contributed by atoms with Crippen molar-refractivity contribution < 1.29 is 4.39 Å². The molecule has 0 aromatic heterocycles. The van der Waals surface area contributed by atoms with Crippen molar-refractivity contribution in [2.75, 3.05) is 0 Å². The largest absolute Gasteiger partial charge is 0.207 e. The minimum absolute atomic E-state index is 0.195. The maximum absolute atomic E-state index is 12.7. The van der Waals surface area contributed by atoms with Gasteiger partial charge in [0.25, 0.3) is 0 Å². The third-order valence-electron chi connectivity index (χ3n) is 1.25. The lowest BCUT2D eigenvalue weighted by atomic mass is 10.2. The van der Waals surface area contributed by atoms with Gasteiger partial charge in [0.2, 0.25) is 0 Å². The predicted octanol–water partition coefficient (Wildman–Crippen LogP) is 2.77. The molecule has 1 aromatic carbocycles. The molecule has 10 heavy (non-hydrogen) atoms. The van der Waals surface area contributed by atoms with Crippen LogP contribution in [0.25, 0.3) is 0 Å². The normalized spacial score (nSPS) is 9.80. The van der Waals surface area contributed by atoms with Crippen molar-refractivity contribution in [2.45, 2.75) is 6.42 Å². The van der Waals surface area contributed by atoms with Crippen LogP contribution in [0.5, 0.6) is 0 Å². The molecule has 0 saturated heterocycles.